The number of halogens is 2. The fourth-order valence-electron chi connectivity index (χ4n) is 1.61. The second-order valence-electron chi connectivity index (χ2n) is 4.19. The summed E-state index contributed by atoms with van der Waals surface area (Å²) in [6.07, 6.45) is 0. The van der Waals surface area contributed by atoms with Crippen LogP contribution in [0.15, 0.2) is 36.4 Å². The summed E-state index contributed by atoms with van der Waals surface area (Å²) in [6.45, 7) is 0. The fourth-order valence-corrected chi connectivity index (χ4v) is 2.66. The van der Waals surface area contributed by atoms with Crippen LogP contribution in [0.5, 0.6) is 11.5 Å². The van der Waals surface area contributed by atoms with Crippen LogP contribution in [0, 0.1) is 20.2 Å². The van der Waals surface area contributed by atoms with Gasteiger partial charge in [0.2, 0.25) is 0 Å². The van der Waals surface area contributed by atoms with Gasteiger partial charge in [0.25, 0.3) is 11.4 Å². The molecule has 0 aliphatic carbocycles. The molecule has 2 aromatic rings. The van der Waals surface area contributed by atoms with Crippen LogP contribution in [-0.4, -0.2) is 9.85 Å². The van der Waals surface area contributed by atoms with E-state index in [1.807, 2.05) is 0 Å². The SMILES string of the molecule is O=[N+]([O-])c1cc(O[PH](=O)Oc2ccc(Cl)c([N+](=O)[O-])c2)ccc1Cl. The average molecular weight is 393 g/mol. The highest BCUT2D eigenvalue weighted by molar-refractivity contribution is 7.34. The molecule has 24 heavy (non-hydrogen) atoms. The molecule has 0 aromatic heterocycles. The quantitative estimate of drug-likeness (QED) is 0.397. The first-order valence-corrected chi connectivity index (χ1v) is 8.03. The zero-order valence-electron chi connectivity index (χ0n) is 11.5. The second kappa shape index (κ2) is 7.48. The maximum Gasteiger partial charge on any atom is 0.418 e. The third kappa shape index (κ3) is 4.35. The van der Waals surface area contributed by atoms with Crippen molar-refractivity contribution in [1.29, 1.82) is 0 Å². The van der Waals surface area contributed by atoms with Gasteiger partial charge in [0.05, 0.1) is 22.0 Å². The normalized spacial score (nSPS) is 10.5. The third-order valence-electron chi connectivity index (χ3n) is 2.63. The molecule has 0 aliphatic rings. The number of rotatable bonds is 6. The molecule has 0 saturated heterocycles. The van der Waals surface area contributed by atoms with E-state index < -0.39 is 29.5 Å². The Morgan fingerprint density at radius 2 is 1.21 bits per heavy atom. The summed E-state index contributed by atoms with van der Waals surface area (Å²) in [5.41, 5.74) is -0.850. The molecular formula is C12H7Cl2N2O7P. The van der Waals surface area contributed by atoms with Gasteiger partial charge in [0.1, 0.15) is 21.5 Å². The van der Waals surface area contributed by atoms with E-state index >= 15 is 0 Å². The Morgan fingerprint density at radius 3 is 1.54 bits per heavy atom. The van der Waals surface area contributed by atoms with Crippen molar-refractivity contribution in [2.75, 3.05) is 0 Å². The van der Waals surface area contributed by atoms with Gasteiger partial charge in [0.15, 0.2) is 0 Å². The molecule has 0 saturated carbocycles. The minimum absolute atomic E-state index is 0.0987. The summed E-state index contributed by atoms with van der Waals surface area (Å²) < 4.78 is 21.8. The van der Waals surface area contributed by atoms with E-state index in [1.54, 1.807) is 0 Å². The highest BCUT2D eigenvalue weighted by atomic mass is 35.5. The van der Waals surface area contributed by atoms with Crippen molar-refractivity contribution in [2.24, 2.45) is 0 Å². The minimum Gasteiger partial charge on any atom is -0.418 e. The van der Waals surface area contributed by atoms with Crippen LogP contribution in [0.2, 0.25) is 10.0 Å². The monoisotopic (exact) mass is 392 g/mol. The Hall–Kier alpha value is -2.35. The molecule has 126 valence electrons. The van der Waals surface area contributed by atoms with Gasteiger partial charge in [-0.15, -0.1) is 0 Å². The van der Waals surface area contributed by atoms with Gasteiger partial charge >= 0.3 is 8.25 Å². The smallest absolute Gasteiger partial charge is 0.418 e. The van der Waals surface area contributed by atoms with Crippen LogP contribution in [0.3, 0.4) is 0 Å². The molecule has 0 spiro atoms. The lowest BCUT2D eigenvalue weighted by atomic mass is 10.3. The van der Waals surface area contributed by atoms with Crippen LogP contribution >= 0.6 is 31.5 Å². The lowest BCUT2D eigenvalue weighted by Gasteiger charge is -2.08. The zero-order valence-corrected chi connectivity index (χ0v) is 14.0. The molecule has 0 bridgehead atoms. The highest BCUT2D eigenvalue weighted by Crippen LogP contribution is 2.37. The van der Waals surface area contributed by atoms with Crippen molar-refractivity contribution in [2.45, 2.75) is 0 Å². The Balaban J connectivity index is 2.14. The van der Waals surface area contributed by atoms with E-state index in [4.69, 9.17) is 32.2 Å². The molecule has 2 aromatic carbocycles. The van der Waals surface area contributed by atoms with Crippen LogP contribution < -0.4 is 9.05 Å². The predicted octanol–water partition coefficient (Wildman–Crippen LogP) is 4.66. The third-order valence-corrected chi connectivity index (χ3v) is 4.07. The van der Waals surface area contributed by atoms with Crippen LogP contribution in [0.25, 0.3) is 0 Å². The number of hydrogen-bond acceptors (Lipinski definition) is 7. The molecule has 0 fully saturated rings. The summed E-state index contributed by atoms with van der Waals surface area (Å²) >= 11 is 11.3. The van der Waals surface area contributed by atoms with Crippen molar-refractivity contribution in [3.05, 3.63) is 66.7 Å². The van der Waals surface area contributed by atoms with E-state index in [0.29, 0.717) is 0 Å². The first kappa shape index (κ1) is 18.0. The van der Waals surface area contributed by atoms with Crippen LogP contribution in [0.1, 0.15) is 0 Å². The molecule has 0 heterocycles. The van der Waals surface area contributed by atoms with Crippen molar-refractivity contribution in [3.8, 4) is 11.5 Å². The Labute approximate surface area is 145 Å². The maximum absolute atomic E-state index is 11.8. The summed E-state index contributed by atoms with van der Waals surface area (Å²) in [4.78, 5) is 20.1. The standard InChI is InChI=1S/C12H7Cl2N2O7P/c13-9-3-1-7(5-11(9)15(17)18)22-24(21)23-8-2-4-10(14)12(6-8)16(19)20/h1-6,24H. The van der Waals surface area contributed by atoms with Gasteiger partial charge in [-0.3, -0.25) is 20.2 Å². The topological polar surface area (TPSA) is 122 Å². The summed E-state index contributed by atoms with van der Waals surface area (Å²) in [6, 6.07) is 6.92. The molecular weight excluding hydrogens is 386 g/mol. The molecule has 0 aliphatic heterocycles. The Kier molecular flexibility index (Phi) is 5.61. The van der Waals surface area contributed by atoms with Gasteiger partial charge < -0.3 is 9.05 Å². The lowest BCUT2D eigenvalue weighted by Crippen LogP contribution is -1.94. The van der Waals surface area contributed by atoms with Crippen molar-refractivity contribution < 1.29 is 23.5 Å². The number of nitro benzene ring substituents is 2. The number of nitrogens with zero attached hydrogens (tertiary/aromatic N) is 2. The van der Waals surface area contributed by atoms with Gasteiger partial charge in [0, 0.05) is 0 Å². The number of benzene rings is 2. The summed E-state index contributed by atoms with van der Waals surface area (Å²) in [7, 11) is -3.18. The van der Waals surface area contributed by atoms with E-state index in [1.165, 1.54) is 24.3 Å². The summed E-state index contributed by atoms with van der Waals surface area (Å²) in [5, 5.41) is 21.3. The van der Waals surface area contributed by atoms with Gasteiger partial charge in [-0.1, -0.05) is 23.2 Å². The van der Waals surface area contributed by atoms with Crippen LogP contribution in [0.4, 0.5) is 11.4 Å². The predicted molar refractivity (Wildman–Crippen MR) is 86.5 cm³/mol. The van der Waals surface area contributed by atoms with E-state index in [0.717, 1.165) is 12.1 Å². The van der Waals surface area contributed by atoms with Gasteiger partial charge in [-0.05, 0) is 24.3 Å². The second-order valence-corrected chi connectivity index (χ2v) is 5.92. The van der Waals surface area contributed by atoms with Crippen molar-refractivity contribution in [1.82, 2.24) is 0 Å². The van der Waals surface area contributed by atoms with Crippen molar-refractivity contribution >= 4 is 42.8 Å². The molecule has 0 N–H and O–H groups in total. The Bertz CT molecular complexity index is 779. The zero-order chi connectivity index (χ0) is 17.9. The van der Waals surface area contributed by atoms with E-state index in [-0.39, 0.29) is 21.5 Å². The number of hydrogen-bond donors (Lipinski definition) is 0. The first-order chi connectivity index (χ1) is 11.3. The largest absolute Gasteiger partial charge is 0.418 e. The molecule has 0 unspecified atom stereocenters. The van der Waals surface area contributed by atoms with Crippen molar-refractivity contribution in [3.63, 3.8) is 0 Å². The van der Waals surface area contributed by atoms with Gasteiger partial charge in [-0.25, -0.2) is 4.57 Å². The van der Waals surface area contributed by atoms with E-state index in [2.05, 4.69) is 0 Å². The molecule has 2 rings (SSSR count). The van der Waals surface area contributed by atoms with E-state index in [9.17, 15) is 24.8 Å². The fraction of sp³-hybridized carbons (Fsp3) is 0. The maximum atomic E-state index is 11.8. The Morgan fingerprint density at radius 1 is 0.833 bits per heavy atom. The lowest BCUT2D eigenvalue weighted by molar-refractivity contribution is -0.384. The average Bonchev–Trinajstić information content (AvgIpc) is 2.50. The molecule has 0 radical (unpaired) electrons. The number of nitro groups is 2. The minimum atomic E-state index is -3.18. The van der Waals surface area contributed by atoms with Gasteiger partial charge in [-0.2, -0.15) is 0 Å². The first-order valence-electron chi connectivity index (χ1n) is 6.05. The molecule has 9 nitrogen and oxygen atoms in total. The highest BCUT2D eigenvalue weighted by Gasteiger charge is 2.17. The molecule has 0 atom stereocenters. The molecule has 12 heteroatoms. The molecule has 0 amide bonds. The van der Waals surface area contributed by atoms with Crippen LogP contribution in [-0.2, 0) is 4.57 Å². The summed E-state index contributed by atoms with van der Waals surface area (Å²) in [5.74, 6) is -0.197.